The highest BCUT2D eigenvalue weighted by Crippen LogP contribution is 2.20. The van der Waals surface area contributed by atoms with Gasteiger partial charge in [0.05, 0.1) is 30.6 Å². The number of hydrogen-bond acceptors (Lipinski definition) is 3. The van der Waals surface area contributed by atoms with Crippen molar-refractivity contribution in [1.82, 2.24) is 15.0 Å². The van der Waals surface area contributed by atoms with E-state index in [9.17, 15) is 0 Å². The van der Waals surface area contributed by atoms with Gasteiger partial charge < -0.3 is 4.74 Å². The van der Waals surface area contributed by atoms with Crippen LogP contribution < -0.4 is 4.74 Å². The van der Waals surface area contributed by atoms with Crippen LogP contribution in [0.2, 0.25) is 0 Å². The van der Waals surface area contributed by atoms with Crippen molar-refractivity contribution >= 4 is 11.6 Å². The van der Waals surface area contributed by atoms with Gasteiger partial charge >= 0.3 is 0 Å². The Kier molecular flexibility index (Phi) is 3.10. The van der Waals surface area contributed by atoms with Crippen LogP contribution in [0.1, 0.15) is 11.3 Å². The van der Waals surface area contributed by atoms with Gasteiger partial charge in [0.2, 0.25) is 0 Å². The van der Waals surface area contributed by atoms with E-state index < -0.39 is 0 Å². The quantitative estimate of drug-likeness (QED) is 0.770. The van der Waals surface area contributed by atoms with E-state index in [-0.39, 0.29) is 0 Å². The Hall–Kier alpha value is -1.55. The maximum atomic E-state index is 5.67. The van der Waals surface area contributed by atoms with Crippen LogP contribution in [0.15, 0.2) is 24.4 Å². The molecule has 5 heteroatoms. The van der Waals surface area contributed by atoms with Crippen molar-refractivity contribution in [2.24, 2.45) is 0 Å². The summed E-state index contributed by atoms with van der Waals surface area (Å²) in [6.07, 6.45) is 1.81. The molecule has 0 amide bonds. The van der Waals surface area contributed by atoms with Crippen molar-refractivity contribution in [2.75, 3.05) is 7.11 Å². The number of methoxy groups -OCH3 is 1. The van der Waals surface area contributed by atoms with Gasteiger partial charge in [-0.15, -0.1) is 16.7 Å². The number of aryl methyl sites for hydroxylation is 1. The van der Waals surface area contributed by atoms with Gasteiger partial charge in [0, 0.05) is 0 Å². The molecule has 0 saturated carbocycles. The summed E-state index contributed by atoms with van der Waals surface area (Å²) in [5, 5.41) is 7.93. The fourth-order valence-electron chi connectivity index (χ4n) is 1.49. The Morgan fingerprint density at radius 1 is 1.44 bits per heavy atom. The minimum atomic E-state index is 0.370. The van der Waals surface area contributed by atoms with E-state index in [0.29, 0.717) is 5.88 Å². The van der Waals surface area contributed by atoms with E-state index in [2.05, 4.69) is 10.3 Å². The molecule has 1 aromatic carbocycles. The highest BCUT2D eigenvalue weighted by molar-refractivity contribution is 6.16. The van der Waals surface area contributed by atoms with Gasteiger partial charge in [-0.1, -0.05) is 5.21 Å². The summed E-state index contributed by atoms with van der Waals surface area (Å²) < 4.78 is 6.89. The Morgan fingerprint density at radius 2 is 2.25 bits per heavy atom. The molecule has 0 unspecified atom stereocenters. The molecule has 1 aromatic heterocycles. The van der Waals surface area contributed by atoms with Crippen molar-refractivity contribution in [3.63, 3.8) is 0 Å². The van der Waals surface area contributed by atoms with Crippen molar-refractivity contribution in [3.05, 3.63) is 35.7 Å². The molecule has 0 fully saturated rings. The molecule has 0 bridgehead atoms. The first kappa shape index (κ1) is 11.0. The van der Waals surface area contributed by atoms with Gasteiger partial charge in [-0.3, -0.25) is 0 Å². The molecule has 0 saturated heterocycles. The monoisotopic (exact) mass is 237 g/mol. The molecule has 0 aliphatic rings. The summed E-state index contributed by atoms with van der Waals surface area (Å²) in [4.78, 5) is 0. The Morgan fingerprint density at radius 3 is 2.81 bits per heavy atom. The Balaban J connectivity index is 2.37. The lowest BCUT2D eigenvalue weighted by Crippen LogP contribution is -1.96. The van der Waals surface area contributed by atoms with E-state index in [0.717, 1.165) is 22.7 Å². The van der Waals surface area contributed by atoms with E-state index in [1.807, 2.05) is 31.3 Å². The van der Waals surface area contributed by atoms with Crippen LogP contribution in [0.3, 0.4) is 0 Å². The molecule has 0 spiro atoms. The smallest absolute Gasteiger partial charge is 0.121 e. The molecule has 0 radical (unpaired) electrons. The standard InChI is InChI=1S/C11H12ClN3O/c1-8-5-10(3-4-11(8)16-2)15-7-9(6-12)13-14-15/h3-5,7H,6H2,1-2H3. The highest BCUT2D eigenvalue weighted by atomic mass is 35.5. The Labute approximate surface area is 98.8 Å². The molecule has 0 aliphatic heterocycles. The van der Waals surface area contributed by atoms with Gasteiger partial charge in [-0.2, -0.15) is 0 Å². The molecular weight excluding hydrogens is 226 g/mol. The first-order valence-corrected chi connectivity index (χ1v) is 5.40. The average Bonchev–Trinajstić information content (AvgIpc) is 2.77. The number of rotatable bonds is 3. The topological polar surface area (TPSA) is 39.9 Å². The maximum absolute atomic E-state index is 5.67. The summed E-state index contributed by atoms with van der Waals surface area (Å²) in [5.41, 5.74) is 2.76. The van der Waals surface area contributed by atoms with Crippen LogP contribution in [0.25, 0.3) is 5.69 Å². The fraction of sp³-hybridized carbons (Fsp3) is 0.273. The van der Waals surface area contributed by atoms with Gasteiger partial charge in [-0.25, -0.2) is 4.68 Å². The summed E-state index contributed by atoms with van der Waals surface area (Å²) >= 11 is 5.67. The van der Waals surface area contributed by atoms with Gasteiger partial charge in [-0.05, 0) is 30.7 Å². The van der Waals surface area contributed by atoms with Crippen LogP contribution in [-0.2, 0) is 5.88 Å². The van der Waals surface area contributed by atoms with Gasteiger partial charge in [0.1, 0.15) is 5.75 Å². The molecule has 0 atom stereocenters. The first-order chi connectivity index (χ1) is 7.74. The second-order valence-corrected chi connectivity index (χ2v) is 3.71. The third-order valence-electron chi connectivity index (χ3n) is 2.32. The number of benzene rings is 1. The van der Waals surface area contributed by atoms with Crippen LogP contribution in [0.4, 0.5) is 0 Å². The lowest BCUT2D eigenvalue weighted by atomic mass is 10.2. The largest absolute Gasteiger partial charge is 0.496 e. The highest BCUT2D eigenvalue weighted by Gasteiger charge is 2.04. The van der Waals surface area contributed by atoms with Crippen LogP contribution in [0, 0.1) is 6.92 Å². The van der Waals surface area contributed by atoms with Crippen LogP contribution in [0.5, 0.6) is 5.75 Å². The van der Waals surface area contributed by atoms with E-state index in [1.165, 1.54) is 0 Å². The number of halogens is 1. The van der Waals surface area contributed by atoms with E-state index in [1.54, 1.807) is 11.8 Å². The normalized spacial score (nSPS) is 10.4. The third kappa shape index (κ3) is 2.02. The summed E-state index contributed by atoms with van der Waals surface area (Å²) in [7, 11) is 1.66. The van der Waals surface area contributed by atoms with Gasteiger partial charge in [0.25, 0.3) is 0 Å². The molecule has 84 valence electrons. The summed E-state index contributed by atoms with van der Waals surface area (Å²) in [5.74, 6) is 1.23. The SMILES string of the molecule is COc1ccc(-n2cc(CCl)nn2)cc1C. The van der Waals surface area contributed by atoms with Crippen molar-refractivity contribution in [1.29, 1.82) is 0 Å². The summed E-state index contributed by atoms with van der Waals surface area (Å²) in [6.45, 7) is 1.99. The maximum Gasteiger partial charge on any atom is 0.121 e. The lowest BCUT2D eigenvalue weighted by Gasteiger charge is -2.06. The number of hydrogen-bond donors (Lipinski definition) is 0. The predicted octanol–water partition coefficient (Wildman–Crippen LogP) is 2.32. The molecule has 4 nitrogen and oxygen atoms in total. The van der Waals surface area contributed by atoms with Crippen molar-refractivity contribution < 1.29 is 4.74 Å². The number of ether oxygens (including phenoxy) is 1. The molecular formula is C11H12ClN3O. The van der Waals surface area contributed by atoms with Crippen LogP contribution >= 0.6 is 11.6 Å². The van der Waals surface area contributed by atoms with E-state index >= 15 is 0 Å². The Bertz CT molecular complexity index is 496. The second kappa shape index (κ2) is 4.53. The van der Waals surface area contributed by atoms with Crippen molar-refractivity contribution in [2.45, 2.75) is 12.8 Å². The number of alkyl halides is 1. The fourth-order valence-corrected chi connectivity index (χ4v) is 1.61. The minimum Gasteiger partial charge on any atom is -0.496 e. The average molecular weight is 238 g/mol. The number of aromatic nitrogens is 3. The first-order valence-electron chi connectivity index (χ1n) is 4.87. The minimum absolute atomic E-state index is 0.370. The van der Waals surface area contributed by atoms with Gasteiger partial charge in [0.15, 0.2) is 0 Å². The predicted molar refractivity (Wildman–Crippen MR) is 62.2 cm³/mol. The lowest BCUT2D eigenvalue weighted by molar-refractivity contribution is 0.411. The molecule has 0 aliphatic carbocycles. The zero-order chi connectivity index (χ0) is 11.5. The van der Waals surface area contributed by atoms with Crippen LogP contribution in [-0.4, -0.2) is 22.1 Å². The second-order valence-electron chi connectivity index (χ2n) is 3.44. The zero-order valence-electron chi connectivity index (χ0n) is 9.14. The van der Waals surface area contributed by atoms with Crippen molar-refractivity contribution in [3.8, 4) is 11.4 Å². The summed E-state index contributed by atoms with van der Waals surface area (Å²) in [6, 6.07) is 5.83. The molecule has 16 heavy (non-hydrogen) atoms. The molecule has 2 rings (SSSR count). The molecule has 1 heterocycles. The molecule has 2 aromatic rings. The third-order valence-corrected chi connectivity index (χ3v) is 2.59. The number of nitrogens with zero attached hydrogens (tertiary/aromatic N) is 3. The molecule has 0 N–H and O–H groups in total. The van der Waals surface area contributed by atoms with E-state index in [4.69, 9.17) is 16.3 Å². The zero-order valence-corrected chi connectivity index (χ0v) is 9.90.